The van der Waals surface area contributed by atoms with Gasteiger partial charge in [0.25, 0.3) is 11.8 Å². The number of nitrogens with one attached hydrogen (secondary N) is 2. The first-order valence-electron chi connectivity index (χ1n) is 15.8. The Kier molecular flexibility index (Phi) is 11.8. The van der Waals surface area contributed by atoms with Crippen molar-refractivity contribution in [2.45, 2.75) is 96.2 Å². The molecule has 2 heterocycles. The Morgan fingerprint density at radius 3 is 2.51 bits per heavy atom. The van der Waals surface area contributed by atoms with E-state index in [0.29, 0.717) is 30.8 Å². The Morgan fingerprint density at radius 2 is 1.82 bits per heavy atom. The minimum absolute atomic E-state index is 0.0100. The molecule has 0 spiro atoms. The molecule has 1 aromatic heterocycles. The van der Waals surface area contributed by atoms with E-state index in [1.807, 2.05) is 42.2 Å². The molecule has 244 valence electrons. The third-order valence-electron chi connectivity index (χ3n) is 8.47. The van der Waals surface area contributed by atoms with Gasteiger partial charge in [-0.25, -0.2) is 0 Å². The maximum atomic E-state index is 13.6. The maximum Gasteiger partial charge on any atom is 0.416 e. The number of halogens is 3. The Labute approximate surface area is 263 Å². The third-order valence-corrected chi connectivity index (χ3v) is 8.47. The second kappa shape index (κ2) is 15.5. The van der Waals surface area contributed by atoms with Gasteiger partial charge in [0.05, 0.1) is 17.7 Å². The molecule has 3 N–H and O–H groups in total. The fourth-order valence-corrected chi connectivity index (χ4v) is 5.92. The van der Waals surface area contributed by atoms with Crippen LogP contribution in [0.2, 0.25) is 0 Å². The van der Waals surface area contributed by atoms with E-state index in [-0.39, 0.29) is 24.2 Å². The van der Waals surface area contributed by atoms with Crippen molar-refractivity contribution in [1.82, 2.24) is 25.3 Å². The molecule has 1 aliphatic heterocycles. The van der Waals surface area contributed by atoms with Crippen LogP contribution in [-0.2, 0) is 19.1 Å². The van der Waals surface area contributed by atoms with Crippen molar-refractivity contribution < 1.29 is 27.9 Å². The van der Waals surface area contributed by atoms with Crippen LogP contribution in [-0.4, -0.2) is 62.9 Å². The van der Waals surface area contributed by atoms with Gasteiger partial charge in [0, 0.05) is 37.8 Å². The van der Waals surface area contributed by atoms with Crippen molar-refractivity contribution in [3.8, 4) is 0 Å². The zero-order valence-corrected chi connectivity index (χ0v) is 26.2. The highest BCUT2D eigenvalue weighted by molar-refractivity contribution is 5.98. The summed E-state index contributed by atoms with van der Waals surface area (Å²) in [7, 11) is 0. The molecular formula is C34H44F3N5O3. The van der Waals surface area contributed by atoms with Crippen molar-refractivity contribution in [3.63, 3.8) is 0 Å². The highest BCUT2D eigenvalue weighted by Gasteiger charge is 2.32. The number of piperidine rings is 1. The van der Waals surface area contributed by atoms with Crippen LogP contribution in [0.3, 0.4) is 0 Å². The van der Waals surface area contributed by atoms with E-state index in [0.717, 1.165) is 49.8 Å². The van der Waals surface area contributed by atoms with Crippen LogP contribution in [0.4, 0.5) is 13.2 Å². The van der Waals surface area contributed by atoms with Crippen LogP contribution in [0, 0.1) is 0 Å². The number of alkyl halides is 3. The molecule has 2 amide bonds. The summed E-state index contributed by atoms with van der Waals surface area (Å²) in [6, 6.07) is 14.9. The number of amides is 2. The predicted octanol–water partition coefficient (Wildman–Crippen LogP) is 5.77. The molecule has 0 radical (unpaired) electrons. The summed E-state index contributed by atoms with van der Waals surface area (Å²) in [5, 5.41) is 21.7. The lowest BCUT2D eigenvalue weighted by Crippen LogP contribution is -2.49. The molecule has 0 saturated carbocycles. The number of rotatable bonds is 13. The number of aliphatic hydroxyl groups excluding tert-OH is 1. The first-order valence-corrected chi connectivity index (χ1v) is 15.8. The SMILES string of the molecule is CCCC1CCCCN1C(=O)c1cc(C(=O)N[C@@H](Cc2ccccc2)[C@@H](O)CN[C@H](C)c2cccc(C(F)(F)F)c2)nn1CC. The molecule has 1 unspecified atom stereocenters. The van der Waals surface area contributed by atoms with Crippen molar-refractivity contribution in [2.75, 3.05) is 13.1 Å². The number of aliphatic hydroxyl groups is 1. The van der Waals surface area contributed by atoms with Crippen molar-refractivity contribution in [3.05, 3.63) is 88.7 Å². The Balaban J connectivity index is 1.49. The molecule has 8 nitrogen and oxygen atoms in total. The van der Waals surface area contributed by atoms with Crippen LogP contribution in [0.1, 0.15) is 96.6 Å². The van der Waals surface area contributed by atoms with Gasteiger partial charge >= 0.3 is 6.18 Å². The van der Waals surface area contributed by atoms with Gasteiger partial charge in [0.2, 0.25) is 0 Å². The number of hydrogen-bond acceptors (Lipinski definition) is 5. The van der Waals surface area contributed by atoms with Crippen LogP contribution < -0.4 is 10.6 Å². The Hall–Kier alpha value is -3.70. The summed E-state index contributed by atoms with van der Waals surface area (Å²) >= 11 is 0. The van der Waals surface area contributed by atoms with Crippen molar-refractivity contribution >= 4 is 11.8 Å². The molecule has 0 bridgehead atoms. The topological polar surface area (TPSA) is 99.5 Å². The molecular weight excluding hydrogens is 583 g/mol. The Bertz CT molecular complexity index is 1410. The minimum Gasteiger partial charge on any atom is -0.390 e. The number of benzene rings is 2. The van der Waals surface area contributed by atoms with Gasteiger partial charge in [0.15, 0.2) is 5.69 Å². The average Bonchev–Trinajstić information content (AvgIpc) is 3.48. The number of aromatic nitrogens is 2. The Morgan fingerprint density at radius 1 is 1.07 bits per heavy atom. The van der Waals surface area contributed by atoms with E-state index in [9.17, 15) is 27.9 Å². The summed E-state index contributed by atoms with van der Waals surface area (Å²) < 4.78 is 41.2. The van der Waals surface area contributed by atoms with Gasteiger partial charge in [-0.15, -0.1) is 0 Å². The summed E-state index contributed by atoms with van der Waals surface area (Å²) in [6.45, 7) is 6.79. The smallest absolute Gasteiger partial charge is 0.390 e. The number of nitrogens with zero attached hydrogens (tertiary/aromatic N) is 3. The number of carbonyl (C=O) groups excluding carboxylic acids is 2. The number of hydrogen-bond donors (Lipinski definition) is 3. The van der Waals surface area contributed by atoms with Gasteiger partial charge in [0.1, 0.15) is 5.69 Å². The maximum absolute atomic E-state index is 13.6. The molecule has 3 aromatic rings. The van der Waals surface area contributed by atoms with Crippen LogP contribution in [0.15, 0.2) is 60.7 Å². The number of likely N-dealkylation sites (tertiary alicyclic amines) is 1. The largest absolute Gasteiger partial charge is 0.416 e. The van der Waals surface area contributed by atoms with Crippen molar-refractivity contribution in [1.29, 1.82) is 0 Å². The molecule has 2 aromatic carbocycles. The molecule has 1 saturated heterocycles. The summed E-state index contributed by atoms with van der Waals surface area (Å²) in [5.74, 6) is -0.652. The second-order valence-electron chi connectivity index (χ2n) is 11.8. The molecule has 4 rings (SSSR count). The lowest BCUT2D eigenvalue weighted by molar-refractivity contribution is -0.137. The molecule has 0 aliphatic carbocycles. The highest BCUT2D eigenvalue weighted by atomic mass is 19.4. The molecule has 1 aliphatic rings. The van der Waals surface area contributed by atoms with E-state index in [4.69, 9.17) is 0 Å². The van der Waals surface area contributed by atoms with Crippen LogP contribution >= 0.6 is 0 Å². The van der Waals surface area contributed by atoms with Gasteiger partial charge < -0.3 is 20.6 Å². The zero-order chi connectivity index (χ0) is 32.6. The van der Waals surface area contributed by atoms with E-state index < -0.39 is 35.8 Å². The first-order chi connectivity index (χ1) is 21.5. The quantitative estimate of drug-likeness (QED) is 0.224. The molecule has 4 atom stereocenters. The molecule has 1 fully saturated rings. The van der Waals surface area contributed by atoms with E-state index in [1.54, 1.807) is 17.7 Å². The standard InChI is InChI=1S/C34H44F3N5O3/c1-4-12-27-17-9-10-18-41(27)33(45)30-21-29(40-42(30)5-2)32(44)39-28(19-24-13-7-6-8-14-24)31(43)22-38-23(3)25-15-11-16-26(20-25)34(35,36)37/h6-8,11,13-16,20-21,23,27-28,31,38,43H,4-5,9-10,12,17-19,22H2,1-3H3,(H,39,44)/t23-,27?,28+,31+/m1/s1. The van der Waals surface area contributed by atoms with Crippen LogP contribution in [0.5, 0.6) is 0 Å². The monoisotopic (exact) mass is 627 g/mol. The minimum atomic E-state index is -4.46. The molecule has 11 heteroatoms. The first kappa shape index (κ1) is 34.2. The molecule has 45 heavy (non-hydrogen) atoms. The van der Waals surface area contributed by atoms with Crippen LogP contribution in [0.25, 0.3) is 0 Å². The zero-order valence-electron chi connectivity index (χ0n) is 26.2. The summed E-state index contributed by atoms with van der Waals surface area (Å²) in [5.41, 5.74) is 1.02. The fraction of sp³-hybridized carbons (Fsp3) is 0.500. The van der Waals surface area contributed by atoms with Gasteiger partial charge in [-0.1, -0.05) is 55.8 Å². The summed E-state index contributed by atoms with van der Waals surface area (Å²) in [6.07, 6.45) is -0.327. The van der Waals surface area contributed by atoms with Gasteiger partial charge in [-0.2, -0.15) is 18.3 Å². The van der Waals surface area contributed by atoms with Gasteiger partial charge in [-0.05, 0) is 69.2 Å². The predicted molar refractivity (Wildman–Crippen MR) is 167 cm³/mol. The third kappa shape index (κ3) is 8.94. The normalized spacial score (nSPS) is 17.5. The summed E-state index contributed by atoms with van der Waals surface area (Å²) in [4.78, 5) is 29.1. The van der Waals surface area contributed by atoms with Gasteiger partial charge in [-0.3, -0.25) is 14.3 Å². The van der Waals surface area contributed by atoms with E-state index in [2.05, 4.69) is 22.7 Å². The lowest BCUT2D eigenvalue weighted by atomic mass is 9.98. The van der Waals surface area contributed by atoms with E-state index in [1.165, 1.54) is 12.1 Å². The average molecular weight is 628 g/mol. The highest BCUT2D eigenvalue weighted by Crippen LogP contribution is 2.31. The number of aryl methyl sites for hydroxylation is 1. The fourth-order valence-electron chi connectivity index (χ4n) is 5.92. The number of carbonyl (C=O) groups is 2. The second-order valence-corrected chi connectivity index (χ2v) is 11.8. The van der Waals surface area contributed by atoms with E-state index >= 15 is 0 Å². The van der Waals surface area contributed by atoms with Crippen molar-refractivity contribution in [2.24, 2.45) is 0 Å². The lowest BCUT2D eigenvalue weighted by Gasteiger charge is -2.35.